The van der Waals surface area contributed by atoms with Crippen LogP contribution in [0.5, 0.6) is 11.5 Å². The van der Waals surface area contributed by atoms with Gasteiger partial charge < -0.3 is 19.1 Å². The van der Waals surface area contributed by atoms with Crippen molar-refractivity contribution in [3.63, 3.8) is 0 Å². The summed E-state index contributed by atoms with van der Waals surface area (Å²) in [6.45, 7) is 1.26. The van der Waals surface area contributed by atoms with E-state index in [1.54, 1.807) is 0 Å². The molecule has 0 aliphatic carbocycles. The fourth-order valence-corrected chi connectivity index (χ4v) is 3.14. The first-order valence-electron chi connectivity index (χ1n) is 9.39. The van der Waals surface area contributed by atoms with Crippen LogP contribution in [0.3, 0.4) is 0 Å². The van der Waals surface area contributed by atoms with E-state index in [2.05, 4.69) is 18.2 Å². The molecule has 4 rings (SSSR count). The second kappa shape index (κ2) is 8.63. The Labute approximate surface area is 164 Å². The predicted molar refractivity (Wildman–Crippen MR) is 111 cm³/mol. The van der Waals surface area contributed by atoms with Gasteiger partial charge in [0.05, 0.1) is 6.54 Å². The molecule has 1 aromatic heterocycles. The maximum Gasteiger partial charge on any atom is 0.120 e. The second-order valence-corrected chi connectivity index (χ2v) is 6.74. The molecule has 0 fully saturated rings. The zero-order valence-electron chi connectivity index (χ0n) is 15.6. The molecule has 1 N–H and O–H groups in total. The van der Waals surface area contributed by atoms with Crippen LogP contribution in [0.1, 0.15) is 5.56 Å². The van der Waals surface area contributed by atoms with Gasteiger partial charge in [-0.25, -0.2) is 0 Å². The van der Waals surface area contributed by atoms with Crippen molar-refractivity contribution in [3.8, 4) is 11.5 Å². The van der Waals surface area contributed by atoms with E-state index in [0.717, 1.165) is 16.8 Å². The van der Waals surface area contributed by atoms with Crippen molar-refractivity contribution >= 4 is 10.9 Å². The lowest BCUT2D eigenvalue weighted by molar-refractivity contribution is 0.0935. The summed E-state index contributed by atoms with van der Waals surface area (Å²) in [5, 5.41) is 11.5. The molecule has 1 unspecified atom stereocenters. The minimum atomic E-state index is -0.593. The van der Waals surface area contributed by atoms with Crippen LogP contribution >= 0.6 is 0 Å². The molecule has 0 amide bonds. The molecule has 0 saturated heterocycles. The van der Waals surface area contributed by atoms with Gasteiger partial charge in [0.25, 0.3) is 0 Å². The summed E-state index contributed by atoms with van der Waals surface area (Å²) in [6, 6.07) is 27.7. The smallest absolute Gasteiger partial charge is 0.120 e. The first-order valence-corrected chi connectivity index (χ1v) is 9.39. The molecule has 0 bridgehead atoms. The van der Waals surface area contributed by atoms with Gasteiger partial charge in [0.1, 0.15) is 30.8 Å². The number of aliphatic hydroxyl groups is 1. The minimum Gasteiger partial charge on any atom is -0.491 e. The lowest BCUT2D eigenvalue weighted by Gasteiger charge is -2.14. The molecule has 28 heavy (non-hydrogen) atoms. The maximum atomic E-state index is 10.3. The second-order valence-electron chi connectivity index (χ2n) is 6.74. The maximum absolute atomic E-state index is 10.3. The van der Waals surface area contributed by atoms with E-state index in [-0.39, 0.29) is 6.61 Å². The number of hydrogen-bond donors (Lipinski definition) is 1. The van der Waals surface area contributed by atoms with Crippen LogP contribution in [0.15, 0.2) is 91.1 Å². The summed E-state index contributed by atoms with van der Waals surface area (Å²) in [7, 11) is 0. The molecule has 1 atom stereocenters. The lowest BCUT2D eigenvalue weighted by atomic mass is 10.2. The van der Waals surface area contributed by atoms with E-state index in [0.29, 0.717) is 18.9 Å². The Morgan fingerprint density at radius 2 is 1.43 bits per heavy atom. The fraction of sp³-hybridized carbons (Fsp3) is 0.167. The van der Waals surface area contributed by atoms with Crippen molar-refractivity contribution < 1.29 is 14.6 Å². The molecule has 0 aliphatic rings. The van der Waals surface area contributed by atoms with Crippen LogP contribution in [-0.2, 0) is 13.2 Å². The Morgan fingerprint density at radius 3 is 2.21 bits per heavy atom. The Balaban J connectivity index is 1.27. The SMILES string of the molecule is OC(COc1ccc(OCc2ccccc2)cc1)Cn1ccc2ccccc21. The average Bonchev–Trinajstić information content (AvgIpc) is 3.15. The van der Waals surface area contributed by atoms with E-state index in [4.69, 9.17) is 9.47 Å². The third-order valence-corrected chi connectivity index (χ3v) is 4.60. The van der Waals surface area contributed by atoms with Gasteiger partial charge >= 0.3 is 0 Å². The van der Waals surface area contributed by atoms with E-state index >= 15 is 0 Å². The van der Waals surface area contributed by atoms with Crippen molar-refractivity contribution in [1.29, 1.82) is 0 Å². The summed E-state index contributed by atoms with van der Waals surface area (Å²) in [5.41, 5.74) is 2.24. The minimum absolute atomic E-state index is 0.233. The van der Waals surface area contributed by atoms with Gasteiger partial charge in [-0.2, -0.15) is 0 Å². The molecular weight excluding hydrogens is 350 g/mol. The summed E-state index contributed by atoms with van der Waals surface area (Å²) < 4.78 is 13.5. The molecule has 0 saturated carbocycles. The highest BCUT2D eigenvalue weighted by molar-refractivity contribution is 5.79. The lowest BCUT2D eigenvalue weighted by Crippen LogP contribution is -2.23. The number of hydrogen-bond acceptors (Lipinski definition) is 3. The number of benzene rings is 3. The Bertz CT molecular complexity index is 1010. The number of aromatic nitrogens is 1. The molecule has 3 aromatic carbocycles. The predicted octanol–water partition coefficient (Wildman–Crippen LogP) is 4.66. The summed E-state index contributed by atoms with van der Waals surface area (Å²) in [6.07, 6.45) is 1.40. The summed E-state index contributed by atoms with van der Waals surface area (Å²) >= 11 is 0. The van der Waals surface area contributed by atoms with Crippen LogP contribution < -0.4 is 9.47 Å². The van der Waals surface area contributed by atoms with Crippen molar-refractivity contribution in [2.45, 2.75) is 19.3 Å². The van der Waals surface area contributed by atoms with Crippen molar-refractivity contribution in [2.24, 2.45) is 0 Å². The van der Waals surface area contributed by atoms with E-state index in [9.17, 15) is 5.11 Å². The number of nitrogens with zero attached hydrogens (tertiary/aromatic N) is 1. The molecule has 142 valence electrons. The van der Waals surface area contributed by atoms with Crippen molar-refractivity contribution in [2.75, 3.05) is 6.61 Å². The van der Waals surface area contributed by atoms with Gasteiger partial charge in [-0.05, 0) is 47.3 Å². The van der Waals surface area contributed by atoms with Crippen LogP contribution in [-0.4, -0.2) is 22.4 Å². The van der Waals surface area contributed by atoms with E-state index < -0.39 is 6.10 Å². The quantitative estimate of drug-likeness (QED) is 0.488. The van der Waals surface area contributed by atoms with Gasteiger partial charge in [-0.1, -0.05) is 48.5 Å². The standard InChI is InChI=1S/C24H23NO3/c26-21(16-25-15-14-20-8-4-5-9-24(20)25)18-28-23-12-10-22(11-13-23)27-17-19-6-2-1-3-7-19/h1-15,21,26H,16-18H2. The molecule has 4 aromatic rings. The molecule has 1 heterocycles. The van der Waals surface area contributed by atoms with E-state index in [1.807, 2.05) is 77.5 Å². The zero-order valence-corrected chi connectivity index (χ0v) is 15.6. The third-order valence-electron chi connectivity index (χ3n) is 4.60. The normalized spacial score (nSPS) is 12.0. The Morgan fingerprint density at radius 1 is 0.750 bits per heavy atom. The van der Waals surface area contributed by atoms with Gasteiger partial charge in [0.2, 0.25) is 0 Å². The Hall–Kier alpha value is -3.24. The molecule has 4 heteroatoms. The van der Waals surface area contributed by atoms with Crippen molar-refractivity contribution in [1.82, 2.24) is 4.57 Å². The largest absolute Gasteiger partial charge is 0.491 e. The van der Waals surface area contributed by atoms with Crippen LogP contribution in [0.2, 0.25) is 0 Å². The topological polar surface area (TPSA) is 43.6 Å². The Kier molecular flexibility index (Phi) is 5.59. The average molecular weight is 373 g/mol. The monoisotopic (exact) mass is 373 g/mol. The molecular formula is C24H23NO3. The van der Waals surface area contributed by atoms with Crippen LogP contribution in [0, 0.1) is 0 Å². The highest BCUT2D eigenvalue weighted by Gasteiger charge is 2.09. The number of aliphatic hydroxyl groups excluding tert-OH is 1. The fourth-order valence-electron chi connectivity index (χ4n) is 3.14. The number of rotatable bonds is 8. The van der Waals surface area contributed by atoms with Gasteiger partial charge in [-0.3, -0.25) is 0 Å². The number of ether oxygens (including phenoxy) is 2. The number of para-hydroxylation sites is 1. The van der Waals surface area contributed by atoms with Crippen LogP contribution in [0.4, 0.5) is 0 Å². The molecule has 0 spiro atoms. The van der Waals surface area contributed by atoms with Gasteiger partial charge in [-0.15, -0.1) is 0 Å². The molecule has 0 aliphatic heterocycles. The first kappa shape index (κ1) is 18.1. The van der Waals surface area contributed by atoms with Crippen molar-refractivity contribution in [3.05, 3.63) is 96.7 Å². The van der Waals surface area contributed by atoms with E-state index in [1.165, 1.54) is 5.39 Å². The first-order chi connectivity index (χ1) is 13.8. The zero-order chi connectivity index (χ0) is 19.2. The molecule has 0 radical (unpaired) electrons. The van der Waals surface area contributed by atoms with Gasteiger partial charge in [0.15, 0.2) is 0 Å². The highest BCUT2D eigenvalue weighted by atomic mass is 16.5. The summed E-state index contributed by atoms with van der Waals surface area (Å²) in [5.74, 6) is 1.50. The molecule has 4 nitrogen and oxygen atoms in total. The van der Waals surface area contributed by atoms with Crippen LogP contribution in [0.25, 0.3) is 10.9 Å². The summed E-state index contributed by atoms with van der Waals surface area (Å²) in [4.78, 5) is 0. The number of fused-ring (bicyclic) bond motifs is 1. The third kappa shape index (κ3) is 4.53. The highest BCUT2D eigenvalue weighted by Crippen LogP contribution is 2.19. The van der Waals surface area contributed by atoms with Gasteiger partial charge in [0, 0.05) is 11.7 Å².